The Balaban J connectivity index is 2.06. The SMILES string of the molecule is CCOc1cccc(NCc2ccc(C#N)cc2)c1N. The number of anilines is 2. The molecule has 0 radical (unpaired) electrons. The smallest absolute Gasteiger partial charge is 0.144 e. The molecule has 4 heteroatoms. The highest BCUT2D eigenvalue weighted by molar-refractivity contribution is 5.72. The van der Waals surface area contributed by atoms with Crippen molar-refractivity contribution in [2.45, 2.75) is 13.5 Å². The zero-order valence-corrected chi connectivity index (χ0v) is 11.4. The fraction of sp³-hybridized carbons (Fsp3) is 0.188. The van der Waals surface area contributed by atoms with Gasteiger partial charge in [-0.25, -0.2) is 0 Å². The number of hydrogen-bond donors (Lipinski definition) is 2. The number of hydrogen-bond acceptors (Lipinski definition) is 4. The van der Waals surface area contributed by atoms with E-state index < -0.39 is 0 Å². The topological polar surface area (TPSA) is 71.1 Å². The van der Waals surface area contributed by atoms with Crippen molar-refractivity contribution >= 4 is 11.4 Å². The molecule has 0 atom stereocenters. The zero-order valence-electron chi connectivity index (χ0n) is 11.4. The molecule has 0 saturated carbocycles. The molecule has 20 heavy (non-hydrogen) atoms. The molecule has 0 bridgehead atoms. The number of nitrogen functional groups attached to an aromatic ring is 1. The molecule has 0 unspecified atom stereocenters. The van der Waals surface area contributed by atoms with E-state index >= 15 is 0 Å². The van der Waals surface area contributed by atoms with Crippen LogP contribution in [-0.2, 0) is 6.54 Å². The monoisotopic (exact) mass is 267 g/mol. The maximum Gasteiger partial charge on any atom is 0.144 e. The highest BCUT2D eigenvalue weighted by Gasteiger charge is 2.05. The van der Waals surface area contributed by atoms with E-state index in [1.807, 2.05) is 37.3 Å². The van der Waals surface area contributed by atoms with E-state index in [4.69, 9.17) is 15.7 Å². The lowest BCUT2D eigenvalue weighted by atomic mass is 10.1. The van der Waals surface area contributed by atoms with Crippen molar-refractivity contribution in [3.8, 4) is 11.8 Å². The molecule has 0 fully saturated rings. The summed E-state index contributed by atoms with van der Waals surface area (Å²) in [5, 5.41) is 12.0. The van der Waals surface area contributed by atoms with Gasteiger partial charge in [-0.2, -0.15) is 5.26 Å². The first-order valence-corrected chi connectivity index (χ1v) is 6.48. The number of nitrogens with one attached hydrogen (secondary N) is 1. The largest absolute Gasteiger partial charge is 0.492 e. The Labute approximate surface area is 118 Å². The number of benzene rings is 2. The molecule has 0 aliphatic heterocycles. The summed E-state index contributed by atoms with van der Waals surface area (Å²) in [5.74, 6) is 0.692. The van der Waals surface area contributed by atoms with Crippen LogP contribution in [0.15, 0.2) is 42.5 Å². The van der Waals surface area contributed by atoms with Gasteiger partial charge in [0.15, 0.2) is 0 Å². The molecule has 4 nitrogen and oxygen atoms in total. The average molecular weight is 267 g/mol. The Morgan fingerprint density at radius 3 is 2.60 bits per heavy atom. The minimum atomic E-state index is 0.587. The van der Waals surface area contributed by atoms with Gasteiger partial charge in [-0.1, -0.05) is 18.2 Å². The van der Waals surface area contributed by atoms with Crippen LogP contribution in [0.3, 0.4) is 0 Å². The van der Waals surface area contributed by atoms with Crippen LogP contribution in [0.5, 0.6) is 5.75 Å². The molecule has 0 saturated heterocycles. The third-order valence-corrected chi connectivity index (χ3v) is 2.93. The second-order valence-electron chi connectivity index (χ2n) is 4.31. The second-order valence-corrected chi connectivity index (χ2v) is 4.31. The number of nitrogens with zero attached hydrogens (tertiary/aromatic N) is 1. The summed E-state index contributed by atoms with van der Waals surface area (Å²) in [6.07, 6.45) is 0. The van der Waals surface area contributed by atoms with Crippen molar-refractivity contribution in [2.75, 3.05) is 17.7 Å². The number of nitrogens with two attached hydrogens (primary N) is 1. The highest BCUT2D eigenvalue weighted by atomic mass is 16.5. The second kappa shape index (κ2) is 6.48. The maximum atomic E-state index is 8.76. The fourth-order valence-electron chi connectivity index (χ4n) is 1.87. The van der Waals surface area contributed by atoms with Crippen LogP contribution in [0.1, 0.15) is 18.1 Å². The lowest BCUT2D eigenvalue weighted by molar-refractivity contribution is 0.342. The van der Waals surface area contributed by atoms with Gasteiger partial charge in [-0.05, 0) is 36.8 Å². The van der Waals surface area contributed by atoms with E-state index in [1.54, 1.807) is 12.1 Å². The van der Waals surface area contributed by atoms with E-state index in [9.17, 15) is 0 Å². The normalized spacial score (nSPS) is 9.80. The molecule has 0 spiro atoms. The van der Waals surface area contributed by atoms with E-state index in [0.29, 0.717) is 30.2 Å². The van der Waals surface area contributed by atoms with Gasteiger partial charge in [-0.3, -0.25) is 0 Å². The number of rotatable bonds is 5. The number of nitriles is 1. The Morgan fingerprint density at radius 2 is 1.95 bits per heavy atom. The van der Waals surface area contributed by atoms with Crippen molar-refractivity contribution in [2.24, 2.45) is 0 Å². The van der Waals surface area contributed by atoms with Gasteiger partial charge in [0.25, 0.3) is 0 Å². The molecular formula is C16H17N3O. The summed E-state index contributed by atoms with van der Waals surface area (Å²) < 4.78 is 5.46. The summed E-state index contributed by atoms with van der Waals surface area (Å²) in [5.41, 5.74) is 9.26. The van der Waals surface area contributed by atoms with Crippen molar-refractivity contribution in [1.82, 2.24) is 0 Å². The Kier molecular flexibility index (Phi) is 4.46. The lowest BCUT2D eigenvalue weighted by Gasteiger charge is -2.13. The molecule has 102 valence electrons. The summed E-state index contributed by atoms with van der Waals surface area (Å²) >= 11 is 0. The van der Waals surface area contributed by atoms with Gasteiger partial charge < -0.3 is 15.8 Å². The molecule has 0 aliphatic carbocycles. The fourth-order valence-corrected chi connectivity index (χ4v) is 1.87. The molecule has 3 N–H and O–H groups in total. The maximum absolute atomic E-state index is 8.76. The summed E-state index contributed by atoms with van der Waals surface area (Å²) in [6.45, 7) is 3.16. The quantitative estimate of drug-likeness (QED) is 0.816. The zero-order chi connectivity index (χ0) is 14.4. The predicted octanol–water partition coefficient (Wildman–Crippen LogP) is 3.15. The van der Waals surface area contributed by atoms with Crippen molar-refractivity contribution in [3.05, 3.63) is 53.6 Å². The van der Waals surface area contributed by atoms with Crippen LogP contribution >= 0.6 is 0 Å². The molecule has 2 aromatic carbocycles. The number of para-hydroxylation sites is 1. The summed E-state index contributed by atoms with van der Waals surface area (Å²) in [6, 6.07) is 15.2. The van der Waals surface area contributed by atoms with Crippen LogP contribution in [0.25, 0.3) is 0 Å². The average Bonchev–Trinajstić information content (AvgIpc) is 2.49. The predicted molar refractivity (Wildman–Crippen MR) is 80.5 cm³/mol. The van der Waals surface area contributed by atoms with E-state index in [0.717, 1.165) is 11.3 Å². The van der Waals surface area contributed by atoms with E-state index in [-0.39, 0.29) is 0 Å². The first-order chi connectivity index (χ1) is 9.74. The van der Waals surface area contributed by atoms with Gasteiger partial charge in [0.05, 0.1) is 29.6 Å². The summed E-state index contributed by atoms with van der Waals surface area (Å²) in [7, 11) is 0. The van der Waals surface area contributed by atoms with Crippen LogP contribution in [-0.4, -0.2) is 6.61 Å². The van der Waals surface area contributed by atoms with Gasteiger partial charge in [-0.15, -0.1) is 0 Å². The minimum Gasteiger partial charge on any atom is -0.492 e. The van der Waals surface area contributed by atoms with Crippen molar-refractivity contribution in [1.29, 1.82) is 5.26 Å². The third-order valence-electron chi connectivity index (χ3n) is 2.93. The van der Waals surface area contributed by atoms with Crippen LogP contribution in [0.4, 0.5) is 11.4 Å². The van der Waals surface area contributed by atoms with Gasteiger partial charge >= 0.3 is 0 Å². The lowest BCUT2D eigenvalue weighted by Crippen LogP contribution is -2.04. The molecular weight excluding hydrogens is 250 g/mol. The Morgan fingerprint density at radius 1 is 1.20 bits per heavy atom. The molecule has 0 heterocycles. The van der Waals surface area contributed by atoms with Crippen LogP contribution < -0.4 is 15.8 Å². The van der Waals surface area contributed by atoms with Crippen molar-refractivity contribution < 1.29 is 4.74 Å². The Bertz CT molecular complexity index is 615. The first-order valence-electron chi connectivity index (χ1n) is 6.48. The summed E-state index contributed by atoms with van der Waals surface area (Å²) in [4.78, 5) is 0. The Hall–Kier alpha value is -2.67. The first kappa shape index (κ1) is 13.8. The van der Waals surface area contributed by atoms with E-state index in [1.165, 1.54) is 0 Å². The van der Waals surface area contributed by atoms with Gasteiger partial charge in [0.1, 0.15) is 5.75 Å². The third kappa shape index (κ3) is 3.21. The highest BCUT2D eigenvalue weighted by Crippen LogP contribution is 2.29. The van der Waals surface area contributed by atoms with Crippen LogP contribution in [0.2, 0.25) is 0 Å². The standard InChI is InChI=1S/C16H17N3O/c1-2-20-15-5-3-4-14(16(15)18)19-11-13-8-6-12(10-17)7-9-13/h3-9,19H,2,11,18H2,1H3. The van der Waals surface area contributed by atoms with E-state index in [2.05, 4.69) is 11.4 Å². The molecule has 0 amide bonds. The van der Waals surface area contributed by atoms with Gasteiger partial charge in [0.2, 0.25) is 0 Å². The molecule has 0 aromatic heterocycles. The number of ether oxygens (including phenoxy) is 1. The molecule has 2 aromatic rings. The molecule has 0 aliphatic rings. The van der Waals surface area contributed by atoms with Gasteiger partial charge in [0, 0.05) is 6.54 Å². The van der Waals surface area contributed by atoms with Crippen LogP contribution in [0, 0.1) is 11.3 Å². The minimum absolute atomic E-state index is 0.587. The van der Waals surface area contributed by atoms with Crippen molar-refractivity contribution in [3.63, 3.8) is 0 Å². The molecule has 2 rings (SSSR count).